The summed E-state index contributed by atoms with van der Waals surface area (Å²) in [6.45, 7) is 3.88. The number of hydrogen-bond donors (Lipinski definition) is 2. The first-order valence-corrected chi connectivity index (χ1v) is 5.05. The average molecular weight is 217 g/mol. The predicted octanol–water partition coefficient (Wildman–Crippen LogP) is 0.770. The third-order valence-corrected chi connectivity index (χ3v) is 2.51. The van der Waals surface area contributed by atoms with Gasteiger partial charge >= 0.3 is 5.97 Å². The second kappa shape index (κ2) is 3.81. The monoisotopic (exact) mass is 217 g/mol. The number of rotatable bonds is 2. The molecule has 1 aliphatic rings. The Morgan fingerprint density at radius 3 is 2.50 bits per heavy atom. The predicted molar refractivity (Wildman–Crippen MR) is 55.4 cm³/mol. The highest BCUT2D eigenvalue weighted by Crippen LogP contribution is 2.24. The fourth-order valence-corrected chi connectivity index (χ4v) is 1.75. The third-order valence-electron chi connectivity index (χ3n) is 2.32. The van der Waals surface area contributed by atoms with Crippen molar-refractivity contribution >= 4 is 24.5 Å². The second-order valence-corrected chi connectivity index (χ2v) is 5.17. The van der Waals surface area contributed by atoms with Crippen LogP contribution in [0, 0.1) is 0 Å². The van der Waals surface area contributed by atoms with Crippen molar-refractivity contribution in [3.8, 4) is 0 Å². The standard InChI is InChI=1S/C9H15NO3S/c1-9(2,14)8(13)10-5-3-4-6(10)7(11)12/h6,14H,3-5H2,1-2H3,(H,11,12)/t6-/m0/s1. The van der Waals surface area contributed by atoms with E-state index < -0.39 is 16.8 Å². The normalized spacial score (nSPS) is 22.5. The fourth-order valence-electron chi connectivity index (χ4n) is 1.62. The Kier molecular flexibility index (Phi) is 3.09. The van der Waals surface area contributed by atoms with Crippen LogP contribution >= 0.6 is 12.6 Å². The SMILES string of the molecule is CC(C)(S)C(=O)N1CCC[C@H]1C(=O)O. The maximum Gasteiger partial charge on any atom is 0.326 e. The fraction of sp³-hybridized carbons (Fsp3) is 0.778. The number of carboxylic acids is 1. The molecule has 0 saturated carbocycles. The van der Waals surface area contributed by atoms with Gasteiger partial charge in [-0.05, 0) is 26.7 Å². The van der Waals surface area contributed by atoms with E-state index in [0.29, 0.717) is 13.0 Å². The van der Waals surface area contributed by atoms with Crippen LogP contribution in [0.3, 0.4) is 0 Å². The highest BCUT2D eigenvalue weighted by molar-refractivity contribution is 7.82. The summed E-state index contributed by atoms with van der Waals surface area (Å²) in [6.07, 6.45) is 1.30. The number of carboxylic acid groups (broad SMARTS) is 1. The molecular weight excluding hydrogens is 202 g/mol. The summed E-state index contributed by atoms with van der Waals surface area (Å²) in [7, 11) is 0. The zero-order valence-corrected chi connectivity index (χ0v) is 9.25. The van der Waals surface area contributed by atoms with Crippen LogP contribution < -0.4 is 0 Å². The van der Waals surface area contributed by atoms with Gasteiger partial charge in [0.05, 0.1) is 4.75 Å². The molecule has 1 heterocycles. The van der Waals surface area contributed by atoms with Gasteiger partial charge in [-0.2, -0.15) is 12.6 Å². The summed E-state index contributed by atoms with van der Waals surface area (Å²) < 4.78 is -0.794. The lowest BCUT2D eigenvalue weighted by Gasteiger charge is -2.28. The molecule has 0 aromatic rings. The molecule has 1 N–H and O–H groups in total. The van der Waals surface area contributed by atoms with Gasteiger partial charge < -0.3 is 10.0 Å². The van der Waals surface area contributed by atoms with E-state index in [1.54, 1.807) is 13.8 Å². The summed E-state index contributed by atoms with van der Waals surface area (Å²) in [5.41, 5.74) is 0. The van der Waals surface area contributed by atoms with Crippen molar-refractivity contribution in [2.75, 3.05) is 6.54 Å². The zero-order chi connectivity index (χ0) is 10.9. The number of carbonyl (C=O) groups excluding carboxylic acids is 1. The van der Waals surface area contributed by atoms with Gasteiger partial charge in [0.15, 0.2) is 0 Å². The average Bonchev–Trinajstić information content (AvgIpc) is 2.48. The molecule has 0 spiro atoms. The molecular formula is C9H15NO3S. The molecule has 14 heavy (non-hydrogen) atoms. The molecule has 1 amide bonds. The molecule has 1 rings (SSSR count). The first-order chi connectivity index (χ1) is 6.34. The quantitative estimate of drug-likeness (QED) is 0.672. The second-order valence-electron chi connectivity index (χ2n) is 4.05. The zero-order valence-electron chi connectivity index (χ0n) is 8.36. The van der Waals surface area contributed by atoms with Crippen LogP contribution in [0.2, 0.25) is 0 Å². The number of nitrogens with zero attached hydrogens (tertiary/aromatic N) is 1. The van der Waals surface area contributed by atoms with Gasteiger partial charge in [0.1, 0.15) is 6.04 Å². The van der Waals surface area contributed by atoms with E-state index in [-0.39, 0.29) is 5.91 Å². The smallest absolute Gasteiger partial charge is 0.326 e. The highest BCUT2D eigenvalue weighted by Gasteiger charge is 2.38. The minimum atomic E-state index is -0.923. The number of thiol groups is 1. The van der Waals surface area contributed by atoms with E-state index in [1.165, 1.54) is 4.90 Å². The van der Waals surface area contributed by atoms with Gasteiger partial charge in [-0.25, -0.2) is 4.79 Å². The number of hydrogen-bond acceptors (Lipinski definition) is 3. The lowest BCUT2D eigenvalue weighted by atomic mass is 10.1. The Labute approximate surface area is 88.7 Å². The Balaban J connectivity index is 2.77. The molecule has 0 radical (unpaired) electrons. The first kappa shape index (κ1) is 11.4. The van der Waals surface area contributed by atoms with Gasteiger partial charge in [-0.1, -0.05) is 0 Å². The van der Waals surface area contributed by atoms with E-state index in [1.807, 2.05) is 0 Å². The van der Waals surface area contributed by atoms with E-state index in [0.717, 1.165) is 6.42 Å². The van der Waals surface area contributed by atoms with Gasteiger partial charge in [-0.3, -0.25) is 4.79 Å². The first-order valence-electron chi connectivity index (χ1n) is 4.60. The molecule has 0 bridgehead atoms. The minimum Gasteiger partial charge on any atom is -0.480 e. The van der Waals surface area contributed by atoms with Crippen molar-refractivity contribution in [2.24, 2.45) is 0 Å². The minimum absolute atomic E-state index is 0.203. The number of amides is 1. The van der Waals surface area contributed by atoms with Crippen LogP contribution in [0.1, 0.15) is 26.7 Å². The van der Waals surface area contributed by atoms with Gasteiger partial charge in [0.25, 0.3) is 0 Å². The summed E-state index contributed by atoms with van der Waals surface area (Å²) in [4.78, 5) is 24.0. The molecule has 1 aliphatic heterocycles. The molecule has 80 valence electrons. The lowest BCUT2D eigenvalue weighted by Crippen LogP contribution is -2.47. The topological polar surface area (TPSA) is 57.6 Å². The summed E-state index contributed by atoms with van der Waals surface area (Å²) in [5.74, 6) is -1.13. The maximum atomic E-state index is 11.8. The van der Waals surface area contributed by atoms with Crippen molar-refractivity contribution < 1.29 is 14.7 Å². The summed E-state index contributed by atoms with van der Waals surface area (Å²) in [5, 5.41) is 8.88. The molecule has 0 aliphatic carbocycles. The molecule has 1 fully saturated rings. The third kappa shape index (κ3) is 2.20. The van der Waals surface area contributed by atoms with Crippen molar-refractivity contribution in [1.29, 1.82) is 0 Å². The lowest BCUT2D eigenvalue weighted by molar-refractivity contribution is -0.148. The van der Waals surface area contributed by atoms with Gasteiger partial charge in [0.2, 0.25) is 5.91 Å². The molecule has 0 unspecified atom stereocenters. The van der Waals surface area contributed by atoms with Crippen LogP contribution in [0.5, 0.6) is 0 Å². The number of likely N-dealkylation sites (tertiary alicyclic amines) is 1. The maximum absolute atomic E-state index is 11.8. The number of carbonyl (C=O) groups is 2. The molecule has 1 atom stereocenters. The highest BCUT2D eigenvalue weighted by atomic mass is 32.1. The molecule has 0 aromatic carbocycles. The van der Waals surface area contributed by atoms with Crippen LogP contribution in [0.25, 0.3) is 0 Å². The van der Waals surface area contributed by atoms with E-state index >= 15 is 0 Å². The van der Waals surface area contributed by atoms with Crippen molar-refractivity contribution in [3.05, 3.63) is 0 Å². The van der Waals surface area contributed by atoms with Crippen LogP contribution in [-0.2, 0) is 9.59 Å². The van der Waals surface area contributed by atoms with E-state index in [2.05, 4.69) is 12.6 Å². The molecule has 1 saturated heterocycles. The van der Waals surface area contributed by atoms with Gasteiger partial charge in [-0.15, -0.1) is 0 Å². The van der Waals surface area contributed by atoms with Crippen molar-refractivity contribution in [2.45, 2.75) is 37.5 Å². The molecule has 5 heteroatoms. The van der Waals surface area contributed by atoms with E-state index in [9.17, 15) is 9.59 Å². The Hall–Kier alpha value is -0.710. The van der Waals surface area contributed by atoms with Gasteiger partial charge in [0, 0.05) is 6.54 Å². The molecule has 4 nitrogen and oxygen atoms in total. The summed E-state index contributed by atoms with van der Waals surface area (Å²) in [6, 6.07) is -0.658. The van der Waals surface area contributed by atoms with E-state index in [4.69, 9.17) is 5.11 Å². The van der Waals surface area contributed by atoms with Crippen LogP contribution in [0.15, 0.2) is 0 Å². The Bertz CT molecular complexity index is 259. The summed E-state index contributed by atoms with van der Waals surface area (Å²) >= 11 is 4.15. The van der Waals surface area contributed by atoms with Crippen LogP contribution in [0.4, 0.5) is 0 Å². The molecule has 0 aromatic heterocycles. The van der Waals surface area contributed by atoms with Crippen molar-refractivity contribution in [3.63, 3.8) is 0 Å². The van der Waals surface area contributed by atoms with Crippen LogP contribution in [-0.4, -0.2) is 39.2 Å². The largest absolute Gasteiger partial charge is 0.480 e. The van der Waals surface area contributed by atoms with Crippen molar-refractivity contribution in [1.82, 2.24) is 4.90 Å². The Morgan fingerprint density at radius 2 is 2.07 bits per heavy atom. The Morgan fingerprint density at radius 1 is 1.50 bits per heavy atom. The number of aliphatic carboxylic acids is 1.